The van der Waals surface area contributed by atoms with E-state index in [4.69, 9.17) is 5.21 Å². The van der Waals surface area contributed by atoms with Gasteiger partial charge in [0.05, 0.1) is 0 Å². The van der Waals surface area contributed by atoms with Crippen molar-refractivity contribution in [2.75, 3.05) is 7.05 Å². The Balaban J connectivity index is 0. The first kappa shape index (κ1) is 13.5. The van der Waals surface area contributed by atoms with E-state index in [1.807, 2.05) is 0 Å². The first-order valence-corrected chi connectivity index (χ1v) is 4.53. The maximum Gasteiger partial charge on any atom is 0.00929 e. The van der Waals surface area contributed by atoms with Crippen LogP contribution in [0.5, 0.6) is 0 Å². The van der Waals surface area contributed by atoms with Crippen LogP contribution in [0, 0.1) is 5.92 Å². The van der Waals surface area contributed by atoms with Crippen molar-refractivity contribution in [1.82, 2.24) is 5.48 Å². The second-order valence-electron chi connectivity index (χ2n) is 2.88. The van der Waals surface area contributed by atoms with Gasteiger partial charge in [-0.3, -0.25) is 0 Å². The van der Waals surface area contributed by atoms with Gasteiger partial charge in [-0.2, -0.15) is 0 Å². The van der Waals surface area contributed by atoms with Crippen molar-refractivity contribution in [2.24, 2.45) is 5.92 Å². The van der Waals surface area contributed by atoms with Crippen molar-refractivity contribution in [3.8, 4) is 0 Å². The van der Waals surface area contributed by atoms with Gasteiger partial charge < -0.3 is 5.21 Å². The Morgan fingerprint density at radius 2 is 1.82 bits per heavy atom. The molecule has 0 aliphatic carbocycles. The van der Waals surface area contributed by atoms with Crippen molar-refractivity contribution in [3.63, 3.8) is 0 Å². The van der Waals surface area contributed by atoms with E-state index in [2.05, 4.69) is 20.8 Å². The molecule has 0 spiro atoms. The molecule has 70 valence electrons. The molecular formula is C9H23NO. The molecule has 2 nitrogen and oxygen atoms in total. The van der Waals surface area contributed by atoms with Crippen molar-refractivity contribution < 1.29 is 5.21 Å². The predicted octanol–water partition coefficient (Wildman–Crippen LogP) is 2.82. The molecule has 0 saturated heterocycles. The highest BCUT2D eigenvalue weighted by Gasteiger charge is 1.94. The van der Waals surface area contributed by atoms with Gasteiger partial charge in [0.2, 0.25) is 0 Å². The van der Waals surface area contributed by atoms with Crippen LogP contribution < -0.4 is 5.48 Å². The fourth-order valence-corrected chi connectivity index (χ4v) is 0.757. The van der Waals surface area contributed by atoms with Crippen LogP contribution in [0.2, 0.25) is 0 Å². The molecule has 0 aromatic rings. The molecule has 0 bridgehead atoms. The Bertz CT molecular complexity index is 57.5. The van der Waals surface area contributed by atoms with Crippen LogP contribution in [0.3, 0.4) is 0 Å². The standard InChI is InChI=1S/C8H18.CH5NO/c1-4-6-7-8(3)5-2;1-2-3/h8H,4-7H2,1-3H3;2-3H,1H3. The van der Waals surface area contributed by atoms with Gasteiger partial charge in [0.15, 0.2) is 0 Å². The van der Waals surface area contributed by atoms with E-state index in [0.717, 1.165) is 5.92 Å². The zero-order valence-electron chi connectivity index (χ0n) is 8.35. The van der Waals surface area contributed by atoms with Crippen molar-refractivity contribution in [3.05, 3.63) is 0 Å². The number of hydroxylamine groups is 1. The molecule has 0 rings (SSSR count). The molecule has 0 aliphatic rings. The van der Waals surface area contributed by atoms with Crippen LogP contribution in [0.4, 0.5) is 0 Å². The first-order chi connectivity index (χ1) is 5.22. The Morgan fingerprint density at radius 3 is 2.09 bits per heavy atom. The summed E-state index contributed by atoms with van der Waals surface area (Å²) >= 11 is 0. The largest absolute Gasteiger partial charge is 0.317 e. The number of nitrogens with one attached hydrogen (secondary N) is 1. The fraction of sp³-hybridized carbons (Fsp3) is 1.00. The maximum absolute atomic E-state index is 7.32. The van der Waals surface area contributed by atoms with E-state index >= 15 is 0 Å². The number of hydrogen-bond donors (Lipinski definition) is 2. The number of hydrogen-bond acceptors (Lipinski definition) is 2. The third kappa shape index (κ3) is 17.8. The van der Waals surface area contributed by atoms with Crippen molar-refractivity contribution >= 4 is 0 Å². The third-order valence-electron chi connectivity index (χ3n) is 1.75. The lowest BCUT2D eigenvalue weighted by Crippen LogP contribution is -1.91. The van der Waals surface area contributed by atoms with Gasteiger partial charge in [-0.25, -0.2) is 5.48 Å². The molecule has 1 unspecified atom stereocenters. The summed E-state index contributed by atoms with van der Waals surface area (Å²) in [7, 11) is 1.43. The summed E-state index contributed by atoms with van der Waals surface area (Å²) < 4.78 is 0. The van der Waals surface area contributed by atoms with E-state index in [9.17, 15) is 0 Å². The average molecular weight is 161 g/mol. The van der Waals surface area contributed by atoms with Gasteiger partial charge in [-0.15, -0.1) is 0 Å². The SMILES string of the molecule is CCCCC(C)CC.CNO. The molecule has 0 amide bonds. The first-order valence-electron chi connectivity index (χ1n) is 4.53. The second kappa shape index (κ2) is 12.6. The molecule has 0 saturated carbocycles. The van der Waals surface area contributed by atoms with Crippen molar-refractivity contribution in [1.29, 1.82) is 0 Å². The van der Waals surface area contributed by atoms with Gasteiger partial charge in [0, 0.05) is 7.05 Å². The fourth-order valence-electron chi connectivity index (χ4n) is 0.757. The molecule has 2 heteroatoms. The summed E-state index contributed by atoms with van der Waals surface area (Å²) in [6, 6.07) is 0. The van der Waals surface area contributed by atoms with E-state index < -0.39 is 0 Å². The van der Waals surface area contributed by atoms with Gasteiger partial charge in [-0.1, -0.05) is 46.5 Å². The summed E-state index contributed by atoms with van der Waals surface area (Å²) in [5.74, 6) is 0.954. The highest BCUT2D eigenvalue weighted by molar-refractivity contribution is 4.47. The van der Waals surface area contributed by atoms with Gasteiger partial charge in [0.25, 0.3) is 0 Å². The zero-order chi connectivity index (χ0) is 9.11. The smallest absolute Gasteiger partial charge is 0.00929 e. The Hall–Kier alpha value is -0.0800. The lowest BCUT2D eigenvalue weighted by molar-refractivity contribution is 0.194. The van der Waals surface area contributed by atoms with Crippen LogP contribution in [-0.2, 0) is 0 Å². The molecule has 2 N–H and O–H groups in total. The second-order valence-corrected chi connectivity index (χ2v) is 2.88. The number of unbranched alkanes of at least 4 members (excludes halogenated alkanes) is 1. The molecule has 0 aromatic carbocycles. The average Bonchev–Trinajstić information content (AvgIpc) is 2.02. The van der Waals surface area contributed by atoms with Crippen LogP contribution in [0.25, 0.3) is 0 Å². The molecular weight excluding hydrogens is 138 g/mol. The van der Waals surface area contributed by atoms with E-state index in [1.54, 1.807) is 5.48 Å². The highest BCUT2D eigenvalue weighted by Crippen LogP contribution is 2.09. The summed E-state index contributed by atoms with van der Waals surface area (Å²) in [6.07, 6.45) is 5.53. The molecule has 0 fully saturated rings. The predicted molar refractivity (Wildman–Crippen MR) is 49.8 cm³/mol. The minimum atomic E-state index is 0.954. The molecule has 0 radical (unpaired) electrons. The molecule has 0 aromatic heterocycles. The Labute approximate surface area is 71.0 Å². The third-order valence-corrected chi connectivity index (χ3v) is 1.75. The van der Waals surface area contributed by atoms with Gasteiger partial charge in [0.1, 0.15) is 0 Å². The number of rotatable bonds is 4. The topological polar surface area (TPSA) is 32.3 Å². The molecule has 1 atom stereocenters. The normalized spacial score (nSPS) is 11.7. The summed E-state index contributed by atoms with van der Waals surface area (Å²) in [6.45, 7) is 6.85. The maximum atomic E-state index is 7.32. The van der Waals surface area contributed by atoms with Crippen LogP contribution in [0.1, 0.15) is 46.5 Å². The van der Waals surface area contributed by atoms with Gasteiger partial charge >= 0.3 is 0 Å². The lowest BCUT2D eigenvalue weighted by atomic mass is 10.0. The minimum absolute atomic E-state index is 0.954. The van der Waals surface area contributed by atoms with Crippen molar-refractivity contribution in [2.45, 2.75) is 46.5 Å². The Kier molecular flexibility index (Phi) is 15.4. The minimum Gasteiger partial charge on any atom is -0.317 e. The van der Waals surface area contributed by atoms with Crippen LogP contribution in [0.15, 0.2) is 0 Å². The molecule has 0 heterocycles. The highest BCUT2D eigenvalue weighted by atomic mass is 16.5. The summed E-state index contributed by atoms with van der Waals surface area (Å²) in [4.78, 5) is 0. The van der Waals surface area contributed by atoms with Gasteiger partial charge in [-0.05, 0) is 5.92 Å². The quantitative estimate of drug-likeness (QED) is 0.621. The molecule has 0 aliphatic heterocycles. The van der Waals surface area contributed by atoms with E-state index in [0.29, 0.717) is 0 Å². The Morgan fingerprint density at radius 1 is 1.36 bits per heavy atom. The summed E-state index contributed by atoms with van der Waals surface area (Å²) in [5, 5.41) is 7.32. The lowest BCUT2D eigenvalue weighted by Gasteiger charge is -2.04. The van der Waals surface area contributed by atoms with E-state index in [-0.39, 0.29) is 0 Å². The summed E-state index contributed by atoms with van der Waals surface area (Å²) in [5.41, 5.74) is 1.75. The monoisotopic (exact) mass is 161 g/mol. The van der Waals surface area contributed by atoms with Crippen LogP contribution >= 0.6 is 0 Å². The molecule has 11 heavy (non-hydrogen) atoms. The van der Waals surface area contributed by atoms with Crippen LogP contribution in [-0.4, -0.2) is 12.3 Å². The van der Waals surface area contributed by atoms with E-state index in [1.165, 1.54) is 32.7 Å². The zero-order valence-corrected chi connectivity index (χ0v) is 8.35.